The molecule has 0 aliphatic carbocycles. The van der Waals surface area contributed by atoms with Gasteiger partial charge in [-0.05, 0) is 38.7 Å². The van der Waals surface area contributed by atoms with Crippen LogP contribution in [-0.4, -0.2) is 44.5 Å². The quantitative estimate of drug-likeness (QED) is 0.923. The molecule has 0 saturated carbocycles. The molecular formula is C17H21N3O3S. The highest BCUT2D eigenvalue weighted by Gasteiger charge is 2.27. The van der Waals surface area contributed by atoms with E-state index in [1.807, 2.05) is 34.8 Å². The molecule has 1 aliphatic heterocycles. The molecular weight excluding hydrogens is 326 g/mol. The highest BCUT2D eigenvalue weighted by atomic mass is 32.1. The van der Waals surface area contributed by atoms with Gasteiger partial charge in [-0.3, -0.25) is 14.2 Å². The second-order valence-corrected chi connectivity index (χ2v) is 7.14. The summed E-state index contributed by atoms with van der Waals surface area (Å²) < 4.78 is 2.01. The molecule has 0 radical (unpaired) electrons. The number of thiazole rings is 1. The summed E-state index contributed by atoms with van der Waals surface area (Å²) in [5, 5.41) is 11.7. The molecule has 0 bridgehead atoms. The zero-order valence-electron chi connectivity index (χ0n) is 13.9. The van der Waals surface area contributed by atoms with Crippen LogP contribution in [0.15, 0.2) is 17.6 Å². The van der Waals surface area contributed by atoms with Gasteiger partial charge in [0.1, 0.15) is 0 Å². The van der Waals surface area contributed by atoms with Crippen molar-refractivity contribution in [2.24, 2.45) is 5.92 Å². The SMILES string of the molecule is Cc1cc(C(=O)N2CCC(CC(=O)O)CC2)c(C)n1-c1nccs1. The zero-order valence-corrected chi connectivity index (χ0v) is 14.7. The first kappa shape index (κ1) is 16.7. The van der Waals surface area contributed by atoms with Gasteiger partial charge in [-0.2, -0.15) is 0 Å². The fraction of sp³-hybridized carbons (Fsp3) is 0.471. The molecule has 1 amide bonds. The number of amides is 1. The Balaban J connectivity index is 1.75. The number of carboxylic acids is 1. The molecule has 128 valence electrons. The van der Waals surface area contributed by atoms with Gasteiger partial charge in [0.25, 0.3) is 5.91 Å². The summed E-state index contributed by atoms with van der Waals surface area (Å²) in [5.74, 6) is -0.555. The van der Waals surface area contributed by atoms with Crippen molar-refractivity contribution in [3.63, 3.8) is 0 Å². The second-order valence-electron chi connectivity index (χ2n) is 6.27. The smallest absolute Gasteiger partial charge is 0.303 e. The molecule has 3 rings (SSSR count). The van der Waals surface area contributed by atoms with Crippen molar-refractivity contribution in [3.8, 4) is 5.13 Å². The van der Waals surface area contributed by atoms with E-state index in [1.165, 1.54) is 0 Å². The van der Waals surface area contributed by atoms with Crippen LogP contribution in [0.4, 0.5) is 0 Å². The zero-order chi connectivity index (χ0) is 17.3. The highest BCUT2D eigenvalue weighted by Crippen LogP contribution is 2.26. The highest BCUT2D eigenvalue weighted by molar-refractivity contribution is 7.12. The van der Waals surface area contributed by atoms with Gasteiger partial charge < -0.3 is 10.0 Å². The molecule has 0 atom stereocenters. The van der Waals surface area contributed by atoms with E-state index in [2.05, 4.69) is 4.98 Å². The number of carbonyl (C=O) groups is 2. The Hall–Kier alpha value is -2.15. The molecule has 6 nitrogen and oxygen atoms in total. The van der Waals surface area contributed by atoms with Crippen LogP contribution in [0.1, 0.15) is 41.0 Å². The van der Waals surface area contributed by atoms with Crippen LogP contribution < -0.4 is 0 Å². The summed E-state index contributed by atoms with van der Waals surface area (Å²) in [6, 6.07) is 1.92. The van der Waals surface area contributed by atoms with Crippen molar-refractivity contribution in [1.29, 1.82) is 0 Å². The first-order chi connectivity index (χ1) is 11.5. The number of aromatic nitrogens is 2. The fourth-order valence-electron chi connectivity index (χ4n) is 3.36. The number of piperidine rings is 1. The van der Waals surface area contributed by atoms with Gasteiger partial charge in [0.15, 0.2) is 5.13 Å². The van der Waals surface area contributed by atoms with Crippen molar-refractivity contribution >= 4 is 23.2 Å². The van der Waals surface area contributed by atoms with E-state index in [1.54, 1.807) is 17.5 Å². The third-order valence-electron chi connectivity index (χ3n) is 4.64. The van der Waals surface area contributed by atoms with Crippen molar-refractivity contribution < 1.29 is 14.7 Å². The van der Waals surface area contributed by atoms with Crippen molar-refractivity contribution in [1.82, 2.24) is 14.5 Å². The van der Waals surface area contributed by atoms with E-state index in [9.17, 15) is 9.59 Å². The van der Waals surface area contributed by atoms with E-state index in [4.69, 9.17) is 5.11 Å². The number of carbonyl (C=O) groups excluding carboxylic acids is 1. The third-order valence-corrected chi connectivity index (χ3v) is 5.39. The third kappa shape index (κ3) is 3.21. The van der Waals surface area contributed by atoms with E-state index < -0.39 is 5.97 Å². The molecule has 0 spiro atoms. The molecule has 1 saturated heterocycles. The lowest BCUT2D eigenvalue weighted by Crippen LogP contribution is -2.39. The van der Waals surface area contributed by atoms with Crippen molar-refractivity contribution in [3.05, 3.63) is 34.6 Å². The number of aryl methyl sites for hydroxylation is 1. The van der Waals surface area contributed by atoms with Crippen LogP contribution in [-0.2, 0) is 4.79 Å². The Morgan fingerprint density at radius 3 is 2.62 bits per heavy atom. The Bertz CT molecular complexity index is 743. The van der Waals surface area contributed by atoms with Gasteiger partial charge in [0.05, 0.1) is 5.56 Å². The maximum absolute atomic E-state index is 12.9. The standard InChI is InChI=1S/C17H21N3O3S/c1-11-9-14(12(2)20(11)17-18-5-8-24-17)16(23)19-6-3-13(4-7-19)10-15(21)22/h5,8-9,13H,3-4,6-7,10H2,1-2H3,(H,21,22). The number of likely N-dealkylation sites (tertiary alicyclic amines) is 1. The first-order valence-corrected chi connectivity index (χ1v) is 8.95. The van der Waals surface area contributed by atoms with Crippen LogP contribution in [0.5, 0.6) is 0 Å². The molecule has 2 aromatic rings. The molecule has 7 heteroatoms. The summed E-state index contributed by atoms with van der Waals surface area (Å²) in [7, 11) is 0. The van der Waals surface area contributed by atoms with Gasteiger partial charge in [-0.25, -0.2) is 4.98 Å². The molecule has 0 unspecified atom stereocenters. The molecule has 24 heavy (non-hydrogen) atoms. The Labute approximate surface area is 144 Å². The van der Waals surface area contributed by atoms with Crippen LogP contribution in [0.2, 0.25) is 0 Å². The Morgan fingerprint density at radius 1 is 1.33 bits per heavy atom. The lowest BCUT2D eigenvalue weighted by atomic mass is 9.93. The minimum Gasteiger partial charge on any atom is -0.481 e. The van der Waals surface area contributed by atoms with Gasteiger partial charge in [0, 0.05) is 42.5 Å². The molecule has 1 fully saturated rings. The fourth-order valence-corrected chi connectivity index (χ4v) is 4.11. The van der Waals surface area contributed by atoms with Crippen LogP contribution in [0.25, 0.3) is 5.13 Å². The van der Waals surface area contributed by atoms with Crippen LogP contribution in [0.3, 0.4) is 0 Å². The minimum absolute atomic E-state index is 0.0275. The largest absolute Gasteiger partial charge is 0.481 e. The van der Waals surface area contributed by atoms with Crippen molar-refractivity contribution in [2.75, 3.05) is 13.1 Å². The van der Waals surface area contributed by atoms with E-state index in [-0.39, 0.29) is 18.2 Å². The number of nitrogens with zero attached hydrogens (tertiary/aromatic N) is 3. The van der Waals surface area contributed by atoms with Gasteiger partial charge in [-0.15, -0.1) is 11.3 Å². The van der Waals surface area contributed by atoms with Crippen LogP contribution in [0, 0.1) is 19.8 Å². The number of rotatable bonds is 4. The van der Waals surface area contributed by atoms with E-state index in [0.29, 0.717) is 18.7 Å². The predicted octanol–water partition coefficient (Wildman–Crippen LogP) is 2.88. The van der Waals surface area contributed by atoms with E-state index >= 15 is 0 Å². The Morgan fingerprint density at radius 2 is 2.04 bits per heavy atom. The maximum atomic E-state index is 12.9. The summed E-state index contributed by atoms with van der Waals surface area (Å²) in [5.41, 5.74) is 2.60. The maximum Gasteiger partial charge on any atom is 0.303 e. The van der Waals surface area contributed by atoms with Crippen molar-refractivity contribution in [2.45, 2.75) is 33.1 Å². The lowest BCUT2D eigenvalue weighted by molar-refractivity contribution is -0.138. The minimum atomic E-state index is -0.758. The second kappa shape index (κ2) is 6.76. The molecule has 3 heterocycles. The monoisotopic (exact) mass is 347 g/mol. The predicted molar refractivity (Wildman–Crippen MR) is 91.8 cm³/mol. The van der Waals surface area contributed by atoms with Gasteiger partial charge in [-0.1, -0.05) is 0 Å². The summed E-state index contributed by atoms with van der Waals surface area (Å²) in [6.45, 7) is 5.17. The lowest BCUT2D eigenvalue weighted by Gasteiger charge is -2.31. The molecule has 1 N–H and O–H groups in total. The summed E-state index contributed by atoms with van der Waals surface area (Å²) in [6.07, 6.45) is 3.46. The summed E-state index contributed by atoms with van der Waals surface area (Å²) >= 11 is 1.54. The topological polar surface area (TPSA) is 75.4 Å². The van der Waals surface area contributed by atoms with E-state index in [0.717, 1.165) is 29.4 Å². The van der Waals surface area contributed by atoms with Crippen LogP contribution >= 0.6 is 11.3 Å². The number of hydrogen-bond donors (Lipinski definition) is 1. The normalized spacial score (nSPS) is 15.7. The van der Waals surface area contributed by atoms with Gasteiger partial charge >= 0.3 is 5.97 Å². The van der Waals surface area contributed by atoms with Gasteiger partial charge in [0.2, 0.25) is 0 Å². The Kier molecular flexibility index (Phi) is 4.71. The first-order valence-electron chi connectivity index (χ1n) is 8.07. The summed E-state index contributed by atoms with van der Waals surface area (Å²) in [4.78, 5) is 29.8. The number of hydrogen-bond acceptors (Lipinski definition) is 4. The average molecular weight is 347 g/mol. The molecule has 2 aromatic heterocycles. The average Bonchev–Trinajstić information content (AvgIpc) is 3.15. The molecule has 1 aliphatic rings. The number of carboxylic acid groups (broad SMARTS) is 1. The molecule has 0 aromatic carbocycles. The number of aliphatic carboxylic acids is 1.